The van der Waals surface area contributed by atoms with Crippen LogP contribution in [0.5, 0.6) is 0 Å². The molecule has 9 heteroatoms. The van der Waals surface area contributed by atoms with Crippen LogP contribution in [0.15, 0.2) is 36.7 Å². The van der Waals surface area contributed by atoms with Crippen molar-refractivity contribution in [3.05, 3.63) is 52.9 Å². The van der Waals surface area contributed by atoms with Crippen molar-refractivity contribution in [3.8, 4) is 0 Å². The van der Waals surface area contributed by atoms with Gasteiger partial charge in [-0.1, -0.05) is 17.7 Å². The van der Waals surface area contributed by atoms with E-state index < -0.39 is 11.7 Å². The SMILES string of the molecule is C[C@H](NC(=O)C1CCN(c2ncc(C(F)(F)F)cc2Cl)CC1)c1ccccn1. The van der Waals surface area contributed by atoms with Crippen LogP contribution >= 0.6 is 11.6 Å². The smallest absolute Gasteiger partial charge is 0.355 e. The number of pyridine rings is 2. The Morgan fingerprint density at radius 3 is 2.57 bits per heavy atom. The molecule has 0 saturated carbocycles. The summed E-state index contributed by atoms with van der Waals surface area (Å²) in [5, 5.41) is 2.93. The van der Waals surface area contributed by atoms with E-state index in [1.807, 2.05) is 30.0 Å². The highest BCUT2D eigenvalue weighted by Crippen LogP contribution is 2.34. The lowest BCUT2D eigenvalue weighted by Crippen LogP contribution is -2.41. The summed E-state index contributed by atoms with van der Waals surface area (Å²) in [6.07, 6.45) is -0.879. The van der Waals surface area contributed by atoms with Crippen LogP contribution < -0.4 is 10.2 Å². The fourth-order valence-electron chi connectivity index (χ4n) is 3.21. The highest BCUT2D eigenvalue weighted by Gasteiger charge is 2.33. The Morgan fingerprint density at radius 1 is 1.29 bits per heavy atom. The highest BCUT2D eigenvalue weighted by atomic mass is 35.5. The molecule has 2 aromatic rings. The average Bonchev–Trinajstić information content (AvgIpc) is 2.68. The number of nitrogens with one attached hydrogen (secondary N) is 1. The molecule has 3 rings (SSSR count). The molecule has 0 bridgehead atoms. The van der Waals surface area contributed by atoms with Gasteiger partial charge in [-0.05, 0) is 38.0 Å². The molecule has 0 unspecified atom stereocenters. The summed E-state index contributed by atoms with van der Waals surface area (Å²) in [6.45, 7) is 2.86. The molecule has 28 heavy (non-hydrogen) atoms. The third-order valence-electron chi connectivity index (χ3n) is 4.80. The van der Waals surface area contributed by atoms with E-state index in [9.17, 15) is 18.0 Å². The summed E-state index contributed by atoms with van der Waals surface area (Å²) in [5.41, 5.74) is -0.0898. The summed E-state index contributed by atoms with van der Waals surface area (Å²) in [5.74, 6) is 0.0929. The van der Waals surface area contributed by atoms with Crippen LogP contribution in [-0.2, 0) is 11.0 Å². The molecule has 1 saturated heterocycles. The monoisotopic (exact) mass is 412 g/mol. The lowest BCUT2D eigenvalue weighted by Gasteiger charge is -2.33. The lowest BCUT2D eigenvalue weighted by atomic mass is 9.95. The van der Waals surface area contributed by atoms with Gasteiger partial charge in [0.1, 0.15) is 5.82 Å². The first-order valence-electron chi connectivity index (χ1n) is 8.94. The molecule has 0 spiro atoms. The zero-order valence-corrected chi connectivity index (χ0v) is 16.0. The van der Waals surface area contributed by atoms with Gasteiger partial charge >= 0.3 is 6.18 Å². The second-order valence-electron chi connectivity index (χ2n) is 6.77. The number of anilines is 1. The number of hydrogen-bond donors (Lipinski definition) is 1. The van der Waals surface area contributed by atoms with Crippen molar-refractivity contribution in [2.45, 2.75) is 32.0 Å². The van der Waals surface area contributed by atoms with Crippen LogP contribution in [0.2, 0.25) is 5.02 Å². The molecule has 2 aromatic heterocycles. The van der Waals surface area contributed by atoms with Gasteiger partial charge in [0.25, 0.3) is 0 Å². The number of rotatable bonds is 4. The molecule has 0 aliphatic carbocycles. The number of piperidine rings is 1. The summed E-state index contributed by atoms with van der Waals surface area (Å²) in [6, 6.07) is 6.22. The maximum Gasteiger partial charge on any atom is 0.417 e. The van der Waals surface area contributed by atoms with Gasteiger partial charge in [-0.25, -0.2) is 4.98 Å². The van der Waals surface area contributed by atoms with E-state index in [1.165, 1.54) is 0 Å². The molecule has 1 N–H and O–H groups in total. The number of amides is 1. The third kappa shape index (κ3) is 4.73. The van der Waals surface area contributed by atoms with Gasteiger partial charge in [0.15, 0.2) is 0 Å². The fourth-order valence-corrected chi connectivity index (χ4v) is 3.50. The van der Waals surface area contributed by atoms with Gasteiger partial charge in [0, 0.05) is 31.4 Å². The molecular weight excluding hydrogens is 393 g/mol. The average molecular weight is 413 g/mol. The van der Waals surface area contributed by atoms with Gasteiger partial charge in [0.2, 0.25) is 5.91 Å². The molecule has 0 radical (unpaired) electrons. The van der Waals surface area contributed by atoms with Crippen molar-refractivity contribution >= 4 is 23.3 Å². The van der Waals surface area contributed by atoms with Crippen molar-refractivity contribution in [2.24, 2.45) is 5.92 Å². The zero-order chi connectivity index (χ0) is 20.3. The predicted octanol–water partition coefficient (Wildman–Crippen LogP) is 4.24. The van der Waals surface area contributed by atoms with Crippen LogP contribution in [0.1, 0.15) is 37.1 Å². The second-order valence-corrected chi connectivity index (χ2v) is 7.18. The Bertz CT molecular complexity index is 824. The third-order valence-corrected chi connectivity index (χ3v) is 5.08. The normalized spacial score (nSPS) is 16.7. The van der Waals surface area contributed by atoms with Crippen molar-refractivity contribution in [1.82, 2.24) is 15.3 Å². The molecule has 1 aliphatic rings. The predicted molar refractivity (Wildman–Crippen MR) is 100.0 cm³/mol. The summed E-state index contributed by atoms with van der Waals surface area (Å²) < 4.78 is 38.2. The molecule has 3 heterocycles. The topological polar surface area (TPSA) is 58.1 Å². The minimum Gasteiger partial charge on any atom is -0.355 e. The maximum absolute atomic E-state index is 12.7. The molecule has 1 fully saturated rings. The van der Waals surface area contributed by atoms with Gasteiger partial charge in [-0.3, -0.25) is 9.78 Å². The highest BCUT2D eigenvalue weighted by molar-refractivity contribution is 6.33. The van der Waals surface area contributed by atoms with Crippen molar-refractivity contribution in [1.29, 1.82) is 0 Å². The van der Waals surface area contributed by atoms with E-state index in [4.69, 9.17) is 11.6 Å². The van der Waals surface area contributed by atoms with E-state index in [-0.39, 0.29) is 22.9 Å². The molecule has 1 atom stereocenters. The number of nitrogens with zero attached hydrogens (tertiary/aromatic N) is 3. The second kappa shape index (κ2) is 8.34. The quantitative estimate of drug-likeness (QED) is 0.816. The number of hydrogen-bond acceptors (Lipinski definition) is 4. The first-order valence-corrected chi connectivity index (χ1v) is 9.32. The van der Waals surface area contributed by atoms with Crippen LogP contribution in [0.4, 0.5) is 19.0 Å². The van der Waals surface area contributed by atoms with E-state index >= 15 is 0 Å². The van der Waals surface area contributed by atoms with Gasteiger partial charge in [-0.15, -0.1) is 0 Å². The summed E-state index contributed by atoms with van der Waals surface area (Å²) in [7, 11) is 0. The minimum atomic E-state index is -4.48. The van der Waals surface area contributed by atoms with E-state index in [0.29, 0.717) is 31.7 Å². The van der Waals surface area contributed by atoms with E-state index in [2.05, 4.69) is 15.3 Å². The van der Waals surface area contributed by atoms with Crippen molar-refractivity contribution in [2.75, 3.05) is 18.0 Å². The van der Waals surface area contributed by atoms with Crippen LogP contribution in [-0.4, -0.2) is 29.0 Å². The summed E-state index contributed by atoms with van der Waals surface area (Å²) >= 11 is 6.01. The van der Waals surface area contributed by atoms with E-state index in [1.54, 1.807) is 6.20 Å². The molecular formula is C19H20ClF3N4O. The zero-order valence-electron chi connectivity index (χ0n) is 15.2. The Morgan fingerprint density at radius 2 is 2.00 bits per heavy atom. The van der Waals surface area contributed by atoms with Crippen LogP contribution in [0, 0.1) is 5.92 Å². The molecule has 1 aliphatic heterocycles. The van der Waals surface area contributed by atoms with Crippen LogP contribution in [0.3, 0.4) is 0 Å². The number of halogens is 4. The standard InChI is InChI=1S/C19H20ClF3N4O/c1-12(16-4-2-3-7-24-16)26-18(28)13-5-8-27(9-6-13)17-15(20)10-14(11-25-17)19(21,22)23/h2-4,7,10-13H,5-6,8-9H2,1H3,(H,26,28)/t12-/m0/s1. The number of carbonyl (C=O) groups excluding carboxylic acids is 1. The summed E-state index contributed by atoms with van der Waals surface area (Å²) in [4.78, 5) is 22.5. The molecule has 150 valence electrons. The van der Waals surface area contributed by atoms with Crippen molar-refractivity contribution < 1.29 is 18.0 Å². The maximum atomic E-state index is 12.7. The first kappa shape index (κ1) is 20.4. The largest absolute Gasteiger partial charge is 0.417 e. The Labute approximate surface area is 165 Å². The van der Waals surface area contributed by atoms with Gasteiger partial charge in [-0.2, -0.15) is 13.2 Å². The molecule has 1 amide bonds. The number of carbonyl (C=O) groups is 1. The minimum absolute atomic E-state index is 0.0403. The van der Waals surface area contributed by atoms with Crippen molar-refractivity contribution in [3.63, 3.8) is 0 Å². The lowest BCUT2D eigenvalue weighted by molar-refractivity contribution is -0.137. The van der Waals surface area contributed by atoms with Gasteiger partial charge < -0.3 is 10.2 Å². The number of alkyl halides is 3. The molecule has 0 aromatic carbocycles. The Kier molecular flexibility index (Phi) is 6.07. The first-order chi connectivity index (χ1) is 13.3. The Balaban J connectivity index is 1.58. The van der Waals surface area contributed by atoms with Gasteiger partial charge in [0.05, 0.1) is 22.3 Å². The van der Waals surface area contributed by atoms with Crippen LogP contribution in [0.25, 0.3) is 0 Å². The number of aromatic nitrogens is 2. The van der Waals surface area contributed by atoms with E-state index in [0.717, 1.165) is 18.0 Å². The fraction of sp³-hybridized carbons (Fsp3) is 0.421. The molecule has 5 nitrogen and oxygen atoms in total. The Hall–Kier alpha value is -2.35.